The molecule has 0 bridgehead atoms. The fraction of sp³-hybridized carbons (Fsp3) is 0.235. The normalized spacial score (nSPS) is 17.1. The van der Waals surface area contributed by atoms with Crippen LogP contribution >= 0.6 is 0 Å². The SMILES string of the molecule is CC1(C)c2ccc[c-]c2N2c3ncccc3C(C)(C)c3cccc1c32.CC1=CN(C)[CH-]N1c1[c-]cccc1.[Ir+3]. The van der Waals surface area contributed by atoms with Crippen molar-refractivity contribution in [3.05, 3.63) is 132 Å². The van der Waals surface area contributed by atoms with Gasteiger partial charge in [-0.15, -0.1) is 11.3 Å². The first-order valence-electron chi connectivity index (χ1n) is 13.1. The smallest absolute Gasteiger partial charge is 0.510 e. The van der Waals surface area contributed by atoms with Gasteiger partial charge in [-0.2, -0.15) is 61.3 Å². The van der Waals surface area contributed by atoms with Crippen LogP contribution in [-0.2, 0) is 30.9 Å². The topological polar surface area (TPSA) is 22.6 Å². The molecule has 4 heterocycles. The van der Waals surface area contributed by atoms with E-state index < -0.39 is 0 Å². The van der Waals surface area contributed by atoms with E-state index >= 15 is 0 Å². The van der Waals surface area contributed by atoms with Gasteiger partial charge in [-0.05, 0) is 48.5 Å². The second-order valence-electron chi connectivity index (χ2n) is 11.3. The molecule has 7 rings (SSSR count). The molecule has 0 amide bonds. The van der Waals surface area contributed by atoms with Crippen molar-refractivity contribution in [3.63, 3.8) is 0 Å². The van der Waals surface area contributed by atoms with Gasteiger partial charge in [-0.25, -0.2) is 4.98 Å². The van der Waals surface area contributed by atoms with Crippen molar-refractivity contribution in [2.24, 2.45) is 0 Å². The molecule has 5 heteroatoms. The average molecular weight is 690 g/mol. The number of nitrogens with zero attached hydrogens (tertiary/aromatic N) is 4. The zero-order valence-electron chi connectivity index (χ0n) is 23.3. The van der Waals surface area contributed by atoms with Crippen molar-refractivity contribution >= 4 is 22.9 Å². The summed E-state index contributed by atoms with van der Waals surface area (Å²) in [5, 5.41) is 0. The Hall–Kier alpha value is -3.40. The van der Waals surface area contributed by atoms with Crippen LogP contribution in [0.25, 0.3) is 0 Å². The van der Waals surface area contributed by atoms with E-state index in [1.165, 1.54) is 33.6 Å². The summed E-state index contributed by atoms with van der Waals surface area (Å²) in [5.74, 6) is 1.03. The second-order valence-corrected chi connectivity index (χ2v) is 11.3. The van der Waals surface area contributed by atoms with E-state index in [-0.39, 0.29) is 30.9 Å². The zero-order chi connectivity index (χ0) is 26.7. The van der Waals surface area contributed by atoms with Gasteiger partial charge in [0.15, 0.2) is 0 Å². The Morgan fingerprint density at radius 3 is 2.10 bits per heavy atom. The van der Waals surface area contributed by atoms with Crippen LogP contribution in [0.15, 0.2) is 90.9 Å². The van der Waals surface area contributed by atoms with Gasteiger partial charge in [-0.1, -0.05) is 57.6 Å². The Morgan fingerprint density at radius 1 is 0.769 bits per heavy atom. The van der Waals surface area contributed by atoms with Crippen molar-refractivity contribution in [2.75, 3.05) is 16.8 Å². The molecule has 0 N–H and O–H groups in total. The van der Waals surface area contributed by atoms with E-state index in [4.69, 9.17) is 4.98 Å². The first kappa shape index (κ1) is 27.2. The number of para-hydroxylation sites is 3. The Balaban J connectivity index is 0.000000187. The maximum absolute atomic E-state index is 4.79. The Labute approximate surface area is 246 Å². The number of benzene rings is 3. The van der Waals surface area contributed by atoms with Gasteiger partial charge in [0.1, 0.15) is 5.82 Å². The number of aromatic nitrogens is 1. The van der Waals surface area contributed by atoms with Gasteiger partial charge in [-0.3, -0.25) is 0 Å². The van der Waals surface area contributed by atoms with Gasteiger partial charge < -0.3 is 14.7 Å². The summed E-state index contributed by atoms with van der Waals surface area (Å²) < 4.78 is 0. The first-order valence-corrected chi connectivity index (χ1v) is 13.1. The predicted octanol–water partition coefficient (Wildman–Crippen LogP) is 7.85. The average Bonchev–Trinajstić information content (AvgIpc) is 3.27. The summed E-state index contributed by atoms with van der Waals surface area (Å²) in [4.78, 5) is 11.3. The molecule has 39 heavy (non-hydrogen) atoms. The fourth-order valence-corrected chi connectivity index (χ4v) is 6.04. The van der Waals surface area contributed by atoms with Gasteiger partial charge >= 0.3 is 20.1 Å². The fourth-order valence-electron chi connectivity index (χ4n) is 6.04. The molecule has 4 aromatic rings. The van der Waals surface area contributed by atoms with Crippen molar-refractivity contribution in [3.8, 4) is 0 Å². The molecule has 0 unspecified atom stereocenters. The molecule has 1 aromatic heterocycles. The first-order chi connectivity index (χ1) is 18.2. The predicted molar refractivity (Wildman–Crippen MR) is 156 cm³/mol. The third-order valence-electron chi connectivity index (χ3n) is 8.03. The molecule has 0 aliphatic carbocycles. The third-order valence-corrected chi connectivity index (χ3v) is 8.03. The van der Waals surface area contributed by atoms with Gasteiger partial charge in [0.25, 0.3) is 0 Å². The minimum Gasteiger partial charge on any atom is -0.510 e. The summed E-state index contributed by atoms with van der Waals surface area (Å²) in [6.07, 6.45) is 3.98. The van der Waals surface area contributed by atoms with Crippen molar-refractivity contribution in [2.45, 2.75) is 45.4 Å². The summed E-state index contributed by atoms with van der Waals surface area (Å²) in [6, 6.07) is 32.0. The molecule has 3 aromatic carbocycles. The van der Waals surface area contributed by atoms with Crippen molar-refractivity contribution in [1.82, 2.24) is 9.88 Å². The molecule has 3 aliphatic heterocycles. The molecule has 0 spiro atoms. The standard InChI is InChI=1S/C23H21N2.C11H12N2.Ir/c1-22(2)15-9-5-6-13-19(15)25-20-16(22)10-7-11-17(20)23(3,4)18-12-8-14-24-21(18)25;1-10-8-12(2)9-13(10)11-6-4-3-5-7-11;/h5-12,14H,1-4H3;3-6,8-9H,1-2H3;/q-1;-2;+3. The van der Waals surface area contributed by atoms with Gasteiger partial charge in [0.2, 0.25) is 0 Å². The molecular weight excluding hydrogens is 657 g/mol. The summed E-state index contributed by atoms with van der Waals surface area (Å²) in [7, 11) is 2.02. The summed E-state index contributed by atoms with van der Waals surface area (Å²) in [6.45, 7) is 13.4. The molecule has 0 atom stereocenters. The molecule has 0 fully saturated rings. The zero-order valence-corrected chi connectivity index (χ0v) is 25.7. The largest absolute Gasteiger partial charge is 3.00 e. The molecular formula is C34H33IrN4. The van der Waals surface area contributed by atoms with E-state index in [0.717, 1.165) is 17.2 Å². The van der Waals surface area contributed by atoms with Crippen LogP contribution in [-0.4, -0.2) is 16.9 Å². The van der Waals surface area contributed by atoms with Crippen LogP contribution in [0.5, 0.6) is 0 Å². The minimum absolute atomic E-state index is 0. The minimum atomic E-state index is -0.0756. The van der Waals surface area contributed by atoms with E-state index in [9.17, 15) is 0 Å². The number of hydrogen-bond acceptors (Lipinski definition) is 4. The van der Waals surface area contributed by atoms with Crippen LogP contribution in [0.3, 0.4) is 0 Å². The second kappa shape index (κ2) is 9.97. The van der Waals surface area contributed by atoms with Gasteiger partial charge in [0, 0.05) is 17.2 Å². The molecule has 198 valence electrons. The number of hydrogen-bond donors (Lipinski definition) is 0. The van der Waals surface area contributed by atoms with Crippen molar-refractivity contribution in [1.29, 1.82) is 0 Å². The van der Waals surface area contributed by atoms with Crippen LogP contribution in [0.2, 0.25) is 0 Å². The maximum Gasteiger partial charge on any atom is 3.00 e. The number of allylic oxidation sites excluding steroid dienone is 1. The molecule has 0 saturated heterocycles. The van der Waals surface area contributed by atoms with Crippen LogP contribution < -0.4 is 9.80 Å². The number of pyridine rings is 1. The van der Waals surface area contributed by atoms with E-state index in [1.807, 2.05) is 61.2 Å². The number of anilines is 4. The quantitative estimate of drug-likeness (QED) is 0.190. The molecule has 4 nitrogen and oxygen atoms in total. The van der Waals surface area contributed by atoms with E-state index in [0.29, 0.717) is 0 Å². The van der Waals surface area contributed by atoms with Crippen LogP contribution in [0, 0.1) is 18.8 Å². The third kappa shape index (κ3) is 4.29. The number of fused-ring (bicyclic) bond motifs is 4. The molecule has 0 radical (unpaired) electrons. The summed E-state index contributed by atoms with van der Waals surface area (Å²) in [5.41, 5.74) is 9.87. The summed E-state index contributed by atoms with van der Waals surface area (Å²) >= 11 is 0. The van der Waals surface area contributed by atoms with Crippen molar-refractivity contribution < 1.29 is 20.1 Å². The number of rotatable bonds is 1. The Morgan fingerprint density at radius 2 is 1.44 bits per heavy atom. The van der Waals surface area contributed by atoms with Gasteiger partial charge in [0.05, 0.1) is 5.69 Å². The van der Waals surface area contributed by atoms with Crippen LogP contribution in [0.4, 0.5) is 22.9 Å². The molecule has 3 aliphatic rings. The monoisotopic (exact) mass is 690 g/mol. The van der Waals surface area contributed by atoms with E-state index in [2.05, 4.69) is 99.1 Å². The Kier molecular flexibility index (Phi) is 6.95. The van der Waals surface area contributed by atoms with Crippen LogP contribution in [0.1, 0.15) is 56.9 Å². The molecule has 0 saturated carbocycles. The maximum atomic E-state index is 4.79. The Bertz CT molecular complexity index is 1460. The van der Waals surface area contributed by atoms with E-state index in [1.54, 1.807) is 0 Å².